The summed E-state index contributed by atoms with van der Waals surface area (Å²) in [5, 5.41) is 19.9. The normalized spacial score (nSPS) is 21.8. The summed E-state index contributed by atoms with van der Waals surface area (Å²) in [6.07, 6.45) is 0.183. The van der Waals surface area contributed by atoms with Crippen LogP contribution in [0.3, 0.4) is 0 Å². The summed E-state index contributed by atoms with van der Waals surface area (Å²) >= 11 is 0. The van der Waals surface area contributed by atoms with Gasteiger partial charge in [0.25, 0.3) is 0 Å². The van der Waals surface area contributed by atoms with Crippen molar-refractivity contribution in [3.05, 3.63) is 65.7 Å². The van der Waals surface area contributed by atoms with Crippen LogP contribution < -0.4 is 32.7 Å². The Hall–Kier alpha value is -4.45. The summed E-state index contributed by atoms with van der Waals surface area (Å²) in [5.74, 6) is -3.34. The molecule has 1 aliphatic rings. The predicted octanol–water partition coefficient (Wildman–Crippen LogP) is -1.13. The van der Waals surface area contributed by atoms with Gasteiger partial charge in [-0.25, -0.2) is 0 Å². The lowest BCUT2D eigenvalue weighted by Crippen LogP contribution is -2.57. The summed E-state index contributed by atoms with van der Waals surface area (Å²) in [7, 11) is 0. The Kier molecular flexibility index (Phi) is 9.77. The third kappa shape index (κ3) is 8.03. The molecule has 0 bridgehead atoms. The topological polar surface area (TPSA) is 206 Å². The molecule has 38 heavy (non-hydrogen) atoms. The first kappa shape index (κ1) is 28.1. The first-order chi connectivity index (χ1) is 18.1. The molecule has 1 fully saturated rings. The van der Waals surface area contributed by atoms with E-state index >= 15 is 0 Å². The van der Waals surface area contributed by atoms with Crippen LogP contribution in [0.15, 0.2) is 54.6 Å². The first-order valence-electron chi connectivity index (χ1n) is 12.2. The number of primary amides is 1. The van der Waals surface area contributed by atoms with Crippen LogP contribution in [0.1, 0.15) is 36.4 Å². The molecular weight excluding hydrogens is 492 g/mol. The van der Waals surface area contributed by atoms with E-state index in [1.807, 2.05) is 0 Å². The number of phenols is 1. The number of amides is 5. The summed E-state index contributed by atoms with van der Waals surface area (Å²) in [5.41, 5.74) is 12.6. The molecule has 4 atom stereocenters. The first-order valence-corrected chi connectivity index (χ1v) is 12.2. The van der Waals surface area contributed by atoms with E-state index in [0.29, 0.717) is 12.0 Å². The maximum absolute atomic E-state index is 13.3. The number of aromatic hydroxyl groups is 1. The lowest BCUT2D eigenvalue weighted by Gasteiger charge is -2.25. The number of carbonyl (C=O) groups is 5. The molecule has 2 aromatic carbocycles. The van der Waals surface area contributed by atoms with Crippen molar-refractivity contribution in [2.45, 2.75) is 49.9 Å². The number of rotatable bonds is 6. The SMILES string of the molecule is NC(=O)[C@H]1CC(=O)NCCC[C@H](NC(=O)[C@@H](N)c2ccc(O)cc2)C(=O)N[C@@H](Cc2ccccc2)C(=O)N1. The van der Waals surface area contributed by atoms with Crippen molar-refractivity contribution in [2.75, 3.05) is 6.54 Å². The number of nitrogens with two attached hydrogens (primary N) is 2. The Labute approximate surface area is 219 Å². The Morgan fingerprint density at radius 3 is 2.34 bits per heavy atom. The minimum atomic E-state index is -1.27. The number of hydrogen-bond donors (Lipinski definition) is 7. The zero-order valence-corrected chi connectivity index (χ0v) is 20.7. The zero-order valence-electron chi connectivity index (χ0n) is 20.7. The largest absolute Gasteiger partial charge is 0.508 e. The van der Waals surface area contributed by atoms with E-state index in [4.69, 9.17) is 11.5 Å². The Morgan fingerprint density at radius 1 is 1.00 bits per heavy atom. The van der Waals surface area contributed by atoms with Gasteiger partial charge in [0.2, 0.25) is 29.5 Å². The molecule has 0 radical (unpaired) electrons. The van der Waals surface area contributed by atoms with Gasteiger partial charge in [0, 0.05) is 13.0 Å². The molecule has 0 unspecified atom stereocenters. The number of benzene rings is 2. The fraction of sp³-hybridized carbons (Fsp3) is 0.346. The molecule has 5 amide bonds. The van der Waals surface area contributed by atoms with E-state index in [1.165, 1.54) is 24.3 Å². The van der Waals surface area contributed by atoms with E-state index in [9.17, 15) is 29.1 Å². The monoisotopic (exact) mass is 524 g/mol. The standard InChI is InChI=1S/C26H32N6O6/c27-22(16-8-10-17(33)11-9-16)26(38)30-18-7-4-12-29-21(34)14-19(23(28)35)31-25(37)20(32-24(18)36)13-15-5-2-1-3-6-15/h1-3,5-6,8-11,18-20,22,33H,4,7,12-14,27H2,(H2,28,35)(H,29,34)(H,30,38)(H,31,37)(H,32,36)/t18-,19+,20-,22-/m0/s1. The third-order valence-corrected chi connectivity index (χ3v) is 6.12. The maximum Gasteiger partial charge on any atom is 0.243 e. The Morgan fingerprint density at radius 2 is 1.68 bits per heavy atom. The van der Waals surface area contributed by atoms with Crippen LogP contribution in [0.4, 0.5) is 0 Å². The molecule has 0 spiro atoms. The minimum Gasteiger partial charge on any atom is -0.508 e. The van der Waals surface area contributed by atoms with Gasteiger partial charge < -0.3 is 37.8 Å². The molecule has 12 heteroatoms. The second-order valence-corrected chi connectivity index (χ2v) is 9.04. The number of phenolic OH excluding ortho intramolecular Hbond substituents is 1. The number of carbonyl (C=O) groups excluding carboxylic acids is 5. The fourth-order valence-electron chi connectivity index (χ4n) is 3.98. The molecular formula is C26H32N6O6. The molecule has 202 valence electrons. The van der Waals surface area contributed by atoms with Gasteiger partial charge in [0.05, 0.1) is 6.42 Å². The van der Waals surface area contributed by atoms with Crippen LogP contribution in [0.25, 0.3) is 0 Å². The van der Waals surface area contributed by atoms with Gasteiger partial charge in [-0.05, 0) is 36.1 Å². The van der Waals surface area contributed by atoms with Gasteiger partial charge in [-0.15, -0.1) is 0 Å². The van der Waals surface area contributed by atoms with Crippen molar-refractivity contribution in [2.24, 2.45) is 11.5 Å². The predicted molar refractivity (Wildman–Crippen MR) is 137 cm³/mol. The van der Waals surface area contributed by atoms with E-state index < -0.39 is 53.7 Å². The molecule has 0 aliphatic carbocycles. The van der Waals surface area contributed by atoms with Crippen molar-refractivity contribution in [1.82, 2.24) is 21.3 Å². The molecule has 1 aliphatic heterocycles. The highest BCUT2D eigenvalue weighted by Crippen LogP contribution is 2.16. The van der Waals surface area contributed by atoms with Gasteiger partial charge in [-0.2, -0.15) is 0 Å². The molecule has 1 heterocycles. The van der Waals surface area contributed by atoms with Crippen LogP contribution in [0.2, 0.25) is 0 Å². The van der Waals surface area contributed by atoms with Crippen LogP contribution in [-0.2, 0) is 30.4 Å². The quantitative estimate of drug-likeness (QED) is 0.247. The molecule has 0 aromatic heterocycles. The second-order valence-electron chi connectivity index (χ2n) is 9.04. The summed E-state index contributed by atoms with van der Waals surface area (Å²) in [6.45, 7) is 0.162. The number of nitrogens with one attached hydrogen (secondary N) is 4. The van der Waals surface area contributed by atoms with Crippen LogP contribution in [0, 0.1) is 0 Å². The van der Waals surface area contributed by atoms with Crippen LogP contribution >= 0.6 is 0 Å². The van der Waals surface area contributed by atoms with E-state index in [-0.39, 0.29) is 31.6 Å². The highest BCUT2D eigenvalue weighted by atomic mass is 16.3. The molecule has 0 saturated carbocycles. The van der Waals surface area contributed by atoms with Crippen molar-refractivity contribution in [3.63, 3.8) is 0 Å². The summed E-state index contributed by atoms with van der Waals surface area (Å²) in [6, 6.07) is 10.1. The lowest BCUT2D eigenvalue weighted by molar-refractivity contribution is -0.134. The van der Waals surface area contributed by atoms with Crippen molar-refractivity contribution in [3.8, 4) is 5.75 Å². The van der Waals surface area contributed by atoms with Gasteiger partial charge in [0.15, 0.2) is 0 Å². The van der Waals surface area contributed by atoms with Gasteiger partial charge >= 0.3 is 0 Å². The highest BCUT2D eigenvalue weighted by Gasteiger charge is 2.31. The van der Waals surface area contributed by atoms with Gasteiger partial charge in [0.1, 0.15) is 29.9 Å². The van der Waals surface area contributed by atoms with Crippen LogP contribution in [-0.4, -0.2) is 59.3 Å². The van der Waals surface area contributed by atoms with Crippen molar-refractivity contribution < 1.29 is 29.1 Å². The molecule has 1 saturated heterocycles. The van der Waals surface area contributed by atoms with E-state index in [0.717, 1.165) is 5.56 Å². The smallest absolute Gasteiger partial charge is 0.243 e. The van der Waals surface area contributed by atoms with Crippen molar-refractivity contribution in [1.29, 1.82) is 0 Å². The highest BCUT2D eigenvalue weighted by molar-refractivity contribution is 5.96. The molecule has 2 aromatic rings. The summed E-state index contributed by atoms with van der Waals surface area (Å²) < 4.78 is 0. The molecule has 3 rings (SSSR count). The zero-order chi connectivity index (χ0) is 27.7. The van der Waals surface area contributed by atoms with Gasteiger partial charge in [-0.1, -0.05) is 42.5 Å². The third-order valence-electron chi connectivity index (χ3n) is 6.12. The Bertz CT molecular complexity index is 1160. The minimum absolute atomic E-state index is 0.0133. The van der Waals surface area contributed by atoms with E-state index in [1.54, 1.807) is 30.3 Å². The average molecular weight is 525 g/mol. The second kappa shape index (κ2) is 13.2. The van der Waals surface area contributed by atoms with E-state index in [2.05, 4.69) is 21.3 Å². The summed E-state index contributed by atoms with van der Waals surface area (Å²) in [4.78, 5) is 63.6. The van der Waals surface area contributed by atoms with Crippen molar-refractivity contribution >= 4 is 29.5 Å². The average Bonchev–Trinajstić information content (AvgIpc) is 2.90. The van der Waals surface area contributed by atoms with Gasteiger partial charge in [-0.3, -0.25) is 24.0 Å². The maximum atomic E-state index is 13.3. The fourth-order valence-corrected chi connectivity index (χ4v) is 3.98. The molecule has 9 N–H and O–H groups in total. The number of hydrogen-bond acceptors (Lipinski definition) is 7. The van der Waals surface area contributed by atoms with Crippen LogP contribution in [0.5, 0.6) is 5.75 Å². The Balaban J connectivity index is 1.83. The lowest BCUT2D eigenvalue weighted by atomic mass is 10.0. The molecule has 12 nitrogen and oxygen atoms in total.